The molecule has 0 spiro atoms. The van der Waals surface area contributed by atoms with Crippen molar-refractivity contribution in [1.82, 2.24) is 4.83 Å². The van der Waals surface area contributed by atoms with Gasteiger partial charge in [0.15, 0.2) is 0 Å². The number of benzene rings is 2. The topological polar surface area (TPSA) is 102 Å². The second-order valence-corrected chi connectivity index (χ2v) is 6.72. The molecular formula is C13H9Cl2N3O4S. The Labute approximate surface area is 141 Å². The van der Waals surface area contributed by atoms with Crippen molar-refractivity contribution in [3.63, 3.8) is 0 Å². The summed E-state index contributed by atoms with van der Waals surface area (Å²) in [5, 5.41) is 14.9. The number of nitro groups is 1. The van der Waals surface area contributed by atoms with Crippen molar-refractivity contribution in [3.05, 3.63) is 68.2 Å². The van der Waals surface area contributed by atoms with Gasteiger partial charge in [-0.15, -0.1) is 0 Å². The van der Waals surface area contributed by atoms with E-state index in [0.29, 0.717) is 15.6 Å². The largest absolute Gasteiger partial charge is 0.276 e. The maximum atomic E-state index is 12.1. The Morgan fingerprint density at radius 1 is 1.13 bits per heavy atom. The summed E-state index contributed by atoms with van der Waals surface area (Å²) in [6, 6.07) is 9.38. The van der Waals surface area contributed by atoms with Gasteiger partial charge in [0.25, 0.3) is 15.7 Å². The van der Waals surface area contributed by atoms with Crippen LogP contribution in [0.5, 0.6) is 0 Å². The van der Waals surface area contributed by atoms with Crippen LogP contribution in [0.4, 0.5) is 5.69 Å². The molecule has 2 aromatic rings. The fourth-order valence-corrected chi connectivity index (χ4v) is 2.94. The normalized spacial score (nSPS) is 11.6. The lowest BCUT2D eigenvalue weighted by molar-refractivity contribution is -0.385. The van der Waals surface area contributed by atoms with Crippen LogP contribution >= 0.6 is 23.2 Å². The third-order valence-corrected chi connectivity index (χ3v) is 4.58. The van der Waals surface area contributed by atoms with E-state index in [1.54, 1.807) is 18.2 Å². The number of hydrazone groups is 1. The molecule has 0 aliphatic rings. The monoisotopic (exact) mass is 373 g/mol. The van der Waals surface area contributed by atoms with Gasteiger partial charge in [0.05, 0.1) is 26.1 Å². The molecule has 1 N–H and O–H groups in total. The van der Waals surface area contributed by atoms with Gasteiger partial charge in [0, 0.05) is 17.7 Å². The smallest absolute Gasteiger partial charge is 0.258 e. The molecule has 0 aliphatic heterocycles. The van der Waals surface area contributed by atoms with Crippen LogP contribution in [0.3, 0.4) is 0 Å². The number of non-ortho nitro benzene ring substituents is 1. The fraction of sp³-hybridized carbons (Fsp3) is 0. The summed E-state index contributed by atoms with van der Waals surface area (Å²) in [5.41, 5.74) is 0.00331. The van der Waals surface area contributed by atoms with E-state index in [1.165, 1.54) is 18.2 Å². The summed E-state index contributed by atoms with van der Waals surface area (Å²) in [4.78, 5) is 11.7. The molecule has 0 unspecified atom stereocenters. The number of nitro benzene ring substituents is 1. The molecule has 7 nitrogen and oxygen atoms in total. The van der Waals surface area contributed by atoms with Gasteiger partial charge >= 0.3 is 0 Å². The van der Waals surface area contributed by atoms with Gasteiger partial charge in [-0.05, 0) is 18.2 Å². The first-order valence-corrected chi connectivity index (χ1v) is 8.28. The minimum absolute atomic E-state index is 0.283. The van der Waals surface area contributed by atoms with Gasteiger partial charge in [-0.25, -0.2) is 4.83 Å². The summed E-state index contributed by atoms with van der Waals surface area (Å²) in [6.07, 6.45) is 1.15. The average molecular weight is 374 g/mol. The summed E-state index contributed by atoms with van der Waals surface area (Å²) in [6.45, 7) is 0. The molecular weight excluding hydrogens is 365 g/mol. The Hall–Kier alpha value is -2.16. The zero-order valence-electron chi connectivity index (χ0n) is 11.3. The van der Waals surface area contributed by atoms with E-state index in [2.05, 4.69) is 5.10 Å². The highest BCUT2D eigenvalue weighted by molar-refractivity contribution is 7.89. The van der Waals surface area contributed by atoms with E-state index in [-0.39, 0.29) is 10.6 Å². The molecule has 0 aliphatic carbocycles. The van der Waals surface area contributed by atoms with E-state index in [4.69, 9.17) is 23.2 Å². The minimum atomic E-state index is -4.05. The first-order valence-electron chi connectivity index (χ1n) is 6.04. The van der Waals surface area contributed by atoms with Crippen LogP contribution in [-0.2, 0) is 10.0 Å². The van der Waals surface area contributed by atoms with Gasteiger partial charge in [0.2, 0.25) is 0 Å². The third-order valence-electron chi connectivity index (χ3n) is 2.70. The average Bonchev–Trinajstić information content (AvgIpc) is 2.50. The molecule has 0 radical (unpaired) electrons. The quantitative estimate of drug-likeness (QED) is 0.493. The van der Waals surface area contributed by atoms with E-state index in [9.17, 15) is 18.5 Å². The van der Waals surface area contributed by atoms with E-state index >= 15 is 0 Å². The molecule has 0 saturated heterocycles. The molecule has 10 heteroatoms. The van der Waals surface area contributed by atoms with Crippen LogP contribution in [0.2, 0.25) is 10.0 Å². The zero-order valence-corrected chi connectivity index (χ0v) is 13.6. The van der Waals surface area contributed by atoms with Crippen LogP contribution in [0.25, 0.3) is 0 Å². The summed E-state index contributed by atoms with van der Waals surface area (Å²) < 4.78 is 24.1. The third kappa shape index (κ3) is 4.19. The highest BCUT2D eigenvalue weighted by Crippen LogP contribution is 2.22. The highest BCUT2D eigenvalue weighted by atomic mass is 35.5. The second kappa shape index (κ2) is 6.95. The molecule has 0 amide bonds. The molecule has 0 bridgehead atoms. The standard InChI is InChI=1S/C13H9Cl2N3O4S/c14-12-5-2-6-13(15)11(12)8-16-17-23(21,22)10-4-1-3-9(7-10)18(19)20/h1-8,17H. The molecule has 2 rings (SSSR count). The molecule has 0 aromatic heterocycles. The van der Waals surface area contributed by atoms with Gasteiger partial charge in [-0.2, -0.15) is 13.5 Å². The van der Waals surface area contributed by atoms with Gasteiger partial charge in [0.1, 0.15) is 0 Å². The number of hydrogen-bond donors (Lipinski definition) is 1. The van der Waals surface area contributed by atoms with Crippen molar-refractivity contribution < 1.29 is 13.3 Å². The predicted molar refractivity (Wildman–Crippen MR) is 87.5 cm³/mol. The van der Waals surface area contributed by atoms with E-state index < -0.39 is 14.9 Å². The van der Waals surface area contributed by atoms with Crippen molar-refractivity contribution in [1.29, 1.82) is 0 Å². The van der Waals surface area contributed by atoms with Crippen LogP contribution in [0.1, 0.15) is 5.56 Å². The Morgan fingerprint density at radius 2 is 1.74 bits per heavy atom. The maximum Gasteiger partial charge on any atom is 0.276 e. The molecule has 0 atom stereocenters. The number of nitrogens with zero attached hydrogens (tertiary/aromatic N) is 2. The molecule has 2 aromatic carbocycles. The molecule has 0 fully saturated rings. The Kier molecular flexibility index (Phi) is 5.19. The first-order chi connectivity index (χ1) is 10.8. The van der Waals surface area contributed by atoms with Crippen molar-refractivity contribution in [2.24, 2.45) is 5.10 Å². The van der Waals surface area contributed by atoms with Gasteiger partial charge < -0.3 is 0 Å². The Balaban J connectivity index is 2.24. The highest BCUT2D eigenvalue weighted by Gasteiger charge is 2.16. The van der Waals surface area contributed by atoms with Crippen LogP contribution in [-0.4, -0.2) is 19.6 Å². The van der Waals surface area contributed by atoms with E-state index in [0.717, 1.165) is 12.3 Å². The van der Waals surface area contributed by atoms with Crippen molar-refractivity contribution >= 4 is 45.1 Å². The van der Waals surface area contributed by atoms with Crippen LogP contribution in [0, 0.1) is 10.1 Å². The maximum absolute atomic E-state index is 12.1. The van der Waals surface area contributed by atoms with Crippen LogP contribution < -0.4 is 4.83 Å². The summed E-state index contributed by atoms with van der Waals surface area (Å²) in [5.74, 6) is 0. The molecule has 23 heavy (non-hydrogen) atoms. The second-order valence-electron chi connectivity index (χ2n) is 4.24. The fourth-order valence-electron chi connectivity index (χ4n) is 1.61. The summed E-state index contributed by atoms with van der Waals surface area (Å²) >= 11 is 11.8. The number of hydrogen-bond acceptors (Lipinski definition) is 5. The lowest BCUT2D eigenvalue weighted by atomic mass is 10.2. The zero-order chi connectivity index (χ0) is 17.0. The van der Waals surface area contributed by atoms with Crippen molar-refractivity contribution in [3.8, 4) is 0 Å². The summed E-state index contributed by atoms with van der Waals surface area (Å²) in [7, 11) is -4.05. The lowest BCUT2D eigenvalue weighted by Crippen LogP contribution is -2.18. The first kappa shape index (κ1) is 17.2. The Morgan fingerprint density at radius 3 is 2.35 bits per heavy atom. The Bertz CT molecular complexity index is 864. The van der Waals surface area contributed by atoms with Crippen molar-refractivity contribution in [2.75, 3.05) is 0 Å². The number of sulfonamides is 1. The van der Waals surface area contributed by atoms with Gasteiger partial charge in [-0.1, -0.05) is 35.3 Å². The predicted octanol–water partition coefficient (Wildman–Crippen LogP) is 3.21. The van der Waals surface area contributed by atoms with Gasteiger partial charge in [-0.3, -0.25) is 10.1 Å². The number of nitrogens with one attached hydrogen (secondary N) is 1. The van der Waals surface area contributed by atoms with Crippen molar-refractivity contribution in [2.45, 2.75) is 4.90 Å². The number of rotatable bonds is 5. The lowest BCUT2D eigenvalue weighted by Gasteiger charge is -2.04. The van der Waals surface area contributed by atoms with Crippen LogP contribution in [0.15, 0.2) is 52.5 Å². The molecule has 120 valence electrons. The molecule has 0 heterocycles. The number of halogens is 2. The molecule has 0 saturated carbocycles. The SMILES string of the molecule is O=[N+]([O-])c1cccc(S(=O)(=O)NN=Cc2c(Cl)cccc2Cl)c1. The minimum Gasteiger partial charge on any atom is -0.258 e. The van der Waals surface area contributed by atoms with E-state index in [1.807, 2.05) is 4.83 Å².